The molecular formula is C9H13BrN2OS. The highest BCUT2D eigenvalue weighted by atomic mass is 79.9. The predicted octanol–water partition coefficient (Wildman–Crippen LogP) is 1.94. The summed E-state index contributed by atoms with van der Waals surface area (Å²) in [6.07, 6.45) is -0.343. The molecular weight excluding hydrogens is 264 g/mol. The zero-order chi connectivity index (χ0) is 10.6. The van der Waals surface area contributed by atoms with E-state index in [1.54, 1.807) is 0 Å². The SMILES string of the molecule is Cc1cc(C)nc(SCC(O)CBr)n1. The topological polar surface area (TPSA) is 46.0 Å². The van der Waals surface area contributed by atoms with Crippen molar-refractivity contribution in [2.24, 2.45) is 0 Å². The average Bonchev–Trinajstić information content (AvgIpc) is 2.12. The molecule has 0 aromatic carbocycles. The van der Waals surface area contributed by atoms with Crippen molar-refractivity contribution < 1.29 is 5.11 Å². The molecule has 14 heavy (non-hydrogen) atoms. The molecule has 1 unspecified atom stereocenters. The van der Waals surface area contributed by atoms with Gasteiger partial charge in [-0.3, -0.25) is 0 Å². The van der Waals surface area contributed by atoms with Crippen molar-refractivity contribution in [3.05, 3.63) is 17.5 Å². The minimum Gasteiger partial charge on any atom is -0.391 e. The molecule has 0 aliphatic carbocycles. The number of aliphatic hydroxyl groups excluding tert-OH is 1. The van der Waals surface area contributed by atoms with Gasteiger partial charge in [-0.25, -0.2) is 9.97 Å². The first-order valence-electron chi connectivity index (χ1n) is 4.31. The average molecular weight is 277 g/mol. The molecule has 5 heteroatoms. The lowest BCUT2D eigenvalue weighted by atomic mass is 10.4. The number of rotatable bonds is 4. The van der Waals surface area contributed by atoms with E-state index in [0.29, 0.717) is 11.1 Å². The molecule has 0 radical (unpaired) electrons. The Balaban J connectivity index is 2.58. The predicted molar refractivity (Wildman–Crippen MR) is 62.0 cm³/mol. The lowest BCUT2D eigenvalue weighted by Crippen LogP contribution is -2.11. The molecule has 1 rings (SSSR count). The summed E-state index contributed by atoms with van der Waals surface area (Å²) in [5, 5.41) is 10.7. The Morgan fingerprint density at radius 2 is 2.00 bits per heavy atom. The molecule has 0 saturated heterocycles. The smallest absolute Gasteiger partial charge is 0.188 e. The van der Waals surface area contributed by atoms with E-state index in [1.165, 1.54) is 11.8 Å². The maximum atomic E-state index is 9.33. The van der Waals surface area contributed by atoms with Crippen molar-refractivity contribution in [3.63, 3.8) is 0 Å². The standard InChI is InChI=1S/C9H13BrN2OS/c1-6-3-7(2)12-9(11-6)14-5-8(13)4-10/h3,8,13H,4-5H2,1-2H3. The minimum absolute atomic E-state index is 0.343. The molecule has 0 bridgehead atoms. The number of halogens is 1. The van der Waals surface area contributed by atoms with Gasteiger partial charge >= 0.3 is 0 Å². The van der Waals surface area contributed by atoms with E-state index in [2.05, 4.69) is 25.9 Å². The van der Waals surface area contributed by atoms with Crippen LogP contribution < -0.4 is 0 Å². The van der Waals surface area contributed by atoms with Crippen molar-refractivity contribution in [2.75, 3.05) is 11.1 Å². The van der Waals surface area contributed by atoms with Gasteiger partial charge in [0.05, 0.1) is 6.10 Å². The number of hydrogen-bond acceptors (Lipinski definition) is 4. The number of thioether (sulfide) groups is 1. The summed E-state index contributed by atoms with van der Waals surface area (Å²) in [5.41, 5.74) is 1.93. The maximum absolute atomic E-state index is 9.33. The number of aliphatic hydroxyl groups is 1. The summed E-state index contributed by atoms with van der Waals surface area (Å²) in [4.78, 5) is 8.53. The van der Waals surface area contributed by atoms with E-state index < -0.39 is 0 Å². The second kappa shape index (κ2) is 5.68. The molecule has 0 saturated carbocycles. The van der Waals surface area contributed by atoms with E-state index in [0.717, 1.165) is 16.5 Å². The van der Waals surface area contributed by atoms with E-state index >= 15 is 0 Å². The van der Waals surface area contributed by atoms with Gasteiger partial charge in [0.15, 0.2) is 5.16 Å². The first-order chi connectivity index (χ1) is 6.61. The fraction of sp³-hybridized carbons (Fsp3) is 0.556. The number of alkyl halides is 1. The van der Waals surface area contributed by atoms with Gasteiger partial charge in [0.25, 0.3) is 0 Å². The minimum atomic E-state index is -0.343. The van der Waals surface area contributed by atoms with Crippen LogP contribution in [0.2, 0.25) is 0 Å². The molecule has 1 heterocycles. The Labute approximate surface area is 96.5 Å². The third kappa shape index (κ3) is 3.94. The first kappa shape index (κ1) is 11.9. The molecule has 0 fully saturated rings. The van der Waals surface area contributed by atoms with E-state index in [9.17, 15) is 5.11 Å². The lowest BCUT2D eigenvalue weighted by Gasteiger charge is -2.06. The van der Waals surface area contributed by atoms with Crippen LogP contribution in [-0.2, 0) is 0 Å². The molecule has 0 amide bonds. The van der Waals surface area contributed by atoms with Crippen molar-refractivity contribution in [1.82, 2.24) is 9.97 Å². The summed E-state index contributed by atoms with van der Waals surface area (Å²) in [6.45, 7) is 3.89. The Kier molecular flexibility index (Phi) is 4.84. The summed E-state index contributed by atoms with van der Waals surface area (Å²) in [7, 11) is 0. The highest BCUT2D eigenvalue weighted by Crippen LogP contribution is 2.15. The zero-order valence-electron chi connectivity index (χ0n) is 8.20. The lowest BCUT2D eigenvalue weighted by molar-refractivity contribution is 0.226. The quantitative estimate of drug-likeness (QED) is 0.519. The summed E-state index contributed by atoms with van der Waals surface area (Å²) in [6, 6.07) is 1.94. The third-order valence-electron chi connectivity index (χ3n) is 1.54. The highest BCUT2D eigenvalue weighted by molar-refractivity contribution is 9.09. The summed E-state index contributed by atoms with van der Waals surface area (Å²) < 4.78 is 0. The normalized spacial score (nSPS) is 12.9. The van der Waals surface area contributed by atoms with E-state index in [-0.39, 0.29) is 6.10 Å². The van der Waals surface area contributed by atoms with Crippen LogP contribution in [0, 0.1) is 13.8 Å². The van der Waals surface area contributed by atoms with E-state index in [4.69, 9.17) is 0 Å². The maximum Gasteiger partial charge on any atom is 0.188 e. The van der Waals surface area contributed by atoms with Gasteiger partial charge in [-0.05, 0) is 19.9 Å². The molecule has 0 aliphatic heterocycles. The van der Waals surface area contributed by atoms with Crippen molar-refractivity contribution in [2.45, 2.75) is 25.1 Å². The van der Waals surface area contributed by atoms with Crippen LogP contribution in [0.15, 0.2) is 11.2 Å². The molecule has 1 atom stereocenters. The van der Waals surface area contributed by atoms with Gasteiger partial charge in [-0.2, -0.15) is 0 Å². The molecule has 3 nitrogen and oxygen atoms in total. The number of aromatic nitrogens is 2. The fourth-order valence-electron chi connectivity index (χ4n) is 0.973. The van der Waals surface area contributed by atoms with Crippen molar-refractivity contribution in [3.8, 4) is 0 Å². The number of hydrogen-bond donors (Lipinski definition) is 1. The first-order valence-corrected chi connectivity index (χ1v) is 6.41. The molecule has 0 spiro atoms. The van der Waals surface area contributed by atoms with Crippen LogP contribution in [0.1, 0.15) is 11.4 Å². The fourth-order valence-corrected chi connectivity index (χ4v) is 2.38. The van der Waals surface area contributed by atoms with Crippen LogP contribution in [0.3, 0.4) is 0 Å². The molecule has 1 aromatic rings. The van der Waals surface area contributed by atoms with Crippen molar-refractivity contribution in [1.29, 1.82) is 0 Å². The van der Waals surface area contributed by atoms with Gasteiger partial charge in [0.1, 0.15) is 0 Å². The third-order valence-corrected chi connectivity index (χ3v) is 3.28. The highest BCUT2D eigenvalue weighted by Gasteiger charge is 2.05. The van der Waals surface area contributed by atoms with Gasteiger partial charge < -0.3 is 5.11 Å². The number of nitrogens with zero attached hydrogens (tertiary/aromatic N) is 2. The van der Waals surface area contributed by atoms with Gasteiger partial charge in [-0.15, -0.1) is 0 Å². The Bertz CT molecular complexity index is 289. The monoisotopic (exact) mass is 276 g/mol. The Hall–Kier alpha value is -0.130. The summed E-state index contributed by atoms with van der Waals surface area (Å²) >= 11 is 4.69. The van der Waals surface area contributed by atoms with Crippen LogP contribution in [-0.4, -0.2) is 32.3 Å². The Morgan fingerprint density at radius 3 is 2.50 bits per heavy atom. The summed E-state index contributed by atoms with van der Waals surface area (Å²) in [5.74, 6) is 0.619. The Morgan fingerprint density at radius 1 is 1.43 bits per heavy atom. The van der Waals surface area contributed by atoms with Crippen molar-refractivity contribution >= 4 is 27.7 Å². The number of aryl methyl sites for hydroxylation is 2. The second-order valence-corrected chi connectivity index (χ2v) is 4.69. The van der Waals surface area contributed by atoms with Crippen LogP contribution in [0.4, 0.5) is 0 Å². The second-order valence-electron chi connectivity index (χ2n) is 3.05. The van der Waals surface area contributed by atoms with Crippen LogP contribution in [0.25, 0.3) is 0 Å². The molecule has 1 N–H and O–H groups in total. The van der Waals surface area contributed by atoms with Gasteiger partial charge in [0, 0.05) is 22.5 Å². The van der Waals surface area contributed by atoms with Gasteiger partial charge in [-0.1, -0.05) is 27.7 Å². The zero-order valence-corrected chi connectivity index (χ0v) is 10.6. The largest absolute Gasteiger partial charge is 0.391 e. The molecule has 78 valence electrons. The van der Waals surface area contributed by atoms with E-state index in [1.807, 2.05) is 19.9 Å². The molecule has 0 aliphatic rings. The van der Waals surface area contributed by atoms with Crippen LogP contribution >= 0.6 is 27.7 Å². The van der Waals surface area contributed by atoms with Gasteiger partial charge in [0.2, 0.25) is 0 Å². The van der Waals surface area contributed by atoms with Crippen LogP contribution in [0.5, 0.6) is 0 Å². The molecule has 1 aromatic heterocycles.